The molecule has 1 saturated carbocycles. The topological polar surface area (TPSA) is 45.8 Å². The van der Waals surface area contributed by atoms with Crippen LogP contribution in [0.15, 0.2) is 27.5 Å². The van der Waals surface area contributed by atoms with Crippen LogP contribution in [0.25, 0.3) is 11.4 Å². The normalized spacial score (nSPS) is 14.7. The monoisotopic (exact) mass is 342 g/mol. The van der Waals surface area contributed by atoms with Crippen molar-refractivity contribution in [3.63, 3.8) is 0 Å². The zero-order valence-electron chi connectivity index (χ0n) is 9.71. The molecular weight excluding hydrogens is 335 g/mol. The minimum atomic E-state index is -0.457. The van der Waals surface area contributed by atoms with E-state index < -0.39 is 5.82 Å². The van der Waals surface area contributed by atoms with E-state index in [0.29, 0.717) is 21.8 Å². The third-order valence-electron chi connectivity index (χ3n) is 2.99. The highest BCUT2D eigenvalue weighted by molar-refractivity contribution is 9.10. The van der Waals surface area contributed by atoms with Gasteiger partial charge in [0, 0.05) is 16.5 Å². The molecule has 0 bridgehead atoms. The average molecular weight is 344 g/mol. The first kappa shape index (κ1) is 12.8. The molecule has 0 radical (unpaired) electrons. The molecule has 1 N–H and O–H groups in total. The Bertz CT molecular complexity index is 692. The highest BCUT2D eigenvalue weighted by Gasteiger charge is 2.29. The Hall–Kier alpha value is -1.20. The fraction of sp³-hybridized carbons (Fsp3) is 0.231. The molecular formula is C13H9BrClFN2O. The zero-order chi connectivity index (χ0) is 13.6. The van der Waals surface area contributed by atoms with Gasteiger partial charge < -0.3 is 4.98 Å². The van der Waals surface area contributed by atoms with E-state index in [9.17, 15) is 9.18 Å². The van der Waals surface area contributed by atoms with Gasteiger partial charge in [-0.2, -0.15) is 0 Å². The van der Waals surface area contributed by atoms with Crippen molar-refractivity contribution in [2.75, 3.05) is 0 Å². The number of H-pyrrole nitrogens is 1. The number of rotatable bonds is 2. The van der Waals surface area contributed by atoms with E-state index >= 15 is 0 Å². The van der Waals surface area contributed by atoms with Crippen molar-refractivity contribution in [3.05, 3.63) is 49.6 Å². The molecule has 0 aliphatic heterocycles. The summed E-state index contributed by atoms with van der Waals surface area (Å²) in [6.45, 7) is 0. The molecule has 0 unspecified atom stereocenters. The second-order valence-electron chi connectivity index (χ2n) is 4.55. The minimum Gasteiger partial charge on any atom is -0.306 e. The van der Waals surface area contributed by atoms with Crippen LogP contribution in [0.5, 0.6) is 0 Å². The summed E-state index contributed by atoms with van der Waals surface area (Å²) in [5, 5.41) is 0.272. The first-order chi connectivity index (χ1) is 9.04. The number of benzene rings is 1. The molecule has 1 aromatic carbocycles. The smallest absolute Gasteiger partial charge is 0.265 e. The lowest BCUT2D eigenvalue weighted by molar-refractivity contribution is 0.628. The summed E-state index contributed by atoms with van der Waals surface area (Å²) >= 11 is 9.07. The lowest BCUT2D eigenvalue weighted by atomic mass is 10.2. The summed E-state index contributed by atoms with van der Waals surface area (Å²) in [6, 6.07) is 4.09. The van der Waals surface area contributed by atoms with Gasteiger partial charge >= 0.3 is 0 Å². The standard InChI is InChI=1S/C13H9BrClFN2O/c14-10-11(6-1-2-6)17-12(18-13(10)19)7-3-8(15)5-9(16)4-7/h3-6H,1-2H2,(H,17,18,19). The van der Waals surface area contributed by atoms with Crippen molar-refractivity contribution in [2.24, 2.45) is 0 Å². The van der Waals surface area contributed by atoms with Gasteiger partial charge in [0.05, 0.1) is 5.69 Å². The first-order valence-corrected chi connectivity index (χ1v) is 6.98. The third-order valence-corrected chi connectivity index (χ3v) is 3.97. The van der Waals surface area contributed by atoms with Crippen molar-refractivity contribution in [3.8, 4) is 11.4 Å². The Morgan fingerprint density at radius 3 is 2.74 bits per heavy atom. The predicted molar refractivity (Wildman–Crippen MR) is 74.9 cm³/mol. The maximum Gasteiger partial charge on any atom is 0.265 e. The fourth-order valence-corrected chi connectivity index (χ4v) is 2.66. The number of nitrogens with one attached hydrogen (secondary N) is 1. The van der Waals surface area contributed by atoms with Gasteiger partial charge in [0.2, 0.25) is 0 Å². The van der Waals surface area contributed by atoms with Crippen LogP contribution in [0.2, 0.25) is 5.02 Å². The summed E-state index contributed by atoms with van der Waals surface area (Å²) in [7, 11) is 0. The van der Waals surface area contributed by atoms with Crippen LogP contribution in [0.1, 0.15) is 24.5 Å². The van der Waals surface area contributed by atoms with Gasteiger partial charge in [0.15, 0.2) is 0 Å². The predicted octanol–water partition coefficient (Wildman–Crippen LogP) is 3.87. The molecule has 19 heavy (non-hydrogen) atoms. The molecule has 1 aliphatic carbocycles. The molecule has 98 valence electrons. The Balaban J connectivity index is 2.17. The molecule has 3 nitrogen and oxygen atoms in total. The van der Waals surface area contributed by atoms with Gasteiger partial charge in [-0.1, -0.05) is 11.6 Å². The van der Waals surface area contributed by atoms with E-state index in [1.807, 2.05) is 0 Å². The second-order valence-corrected chi connectivity index (χ2v) is 5.78. The molecule has 1 heterocycles. The molecule has 0 atom stereocenters. The molecule has 0 saturated heterocycles. The molecule has 0 amide bonds. The quantitative estimate of drug-likeness (QED) is 0.899. The maximum absolute atomic E-state index is 13.4. The fourth-order valence-electron chi connectivity index (χ4n) is 1.93. The van der Waals surface area contributed by atoms with E-state index in [4.69, 9.17) is 11.6 Å². The van der Waals surface area contributed by atoms with Crippen molar-refractivity contribution in [1.82, 2.24) is 9.97 Å². The highest BCUT2D eigenvalue weighted by atomic mass is 79.9. The van der Waals surface area contributed by atoms with Crippen molar-refractivity contribution in [1.29, 1.82) is 0 Å². The molecule has 1 fully saturated rings. The number of hydrogen-bond donors (Lipinski definition) is 1. The van der Waals surface area contributed by atoms with Crippen LogP contribution in [0, 0.1) is 5.82 Å². The average Bonchev–Trinajstić information content (AvgIpc) is 3.15. The number of hydrogen-bond acceptors (Lipinski definition) is 2. The van der Waals surface area contributed by atoms with E-state index in [-0.39, 0.29) is 10.6 Å². The van der Waals surface area contributed by atoms with Crippen molar-refractivity contribution >= 4 is 27.5 Å². The number of halogens is 3. The van der Waals surface area contributed by atoms with Gasteiger partial charge in [-0.05, 0) is 47.0 Å². The van der Waals surface area contributed by atoms with E-state index in [0.717, 1.165) is 18.5 Å². The van der Waals surface area contributed by atoms with Gasteiger partial charge in [-0.25, -0.2) is 9.37 Å². The summed E-state index contributed by atoms with van der Waals surface area (Å²) in [5.41, 5.74) is 0.947. The summed E-state index contributed by atoms with van der Waals surface area (Å²) < 4.78 is 13.8. The molecule has 1 aromatic heterocycles. The zero-order valence-corrected chi connectivity index (χ0v) is 12.1. The summed E-state index contributed by atoms with van der Waals surface area (Å²) in [4.78, 5) is 18.9. The van der Waals surface area contributed by atoms with Crippen LogP contribution in [-0.4, -0.2) is 9.97 Å². The van der Waals surface area contributed by atoms with E-state index in [1.165, 1.54) is 12.1 Å². The van der Waals surface area contributed by atoms with Crippen molar-refractivity contribution in [2.45, 2.75) is 18.8 Å². The Morgan fingerprint density at radius 2 is 2.11 bits per heavy atom. The number of aromatic nitrogens is 2. The lowest BCUT2D eigenvalue weighted by Gasteiger charge is -2.06. The molecule has 0 spiro atoms. The number of aromatic amines is 1. The van der Waals surface area contributed by atoms with Crippen molar-refractivity contribution < 1.29 is 4.39 Å². The minimum absolute atomic E-state index is 0.257. The van der Waals surface area contributed by atoms with Gasteiger partial charge in [-0.3, -0.25) is 4.79 Å². The molecule has 1 aliphatic rings. The van der Waals surface area contributed by atoms with E-state index in [1.54, 1.807) is 6.07 Å². The molecule has 3 rings (SSSR count). The summed E-state index contributed by atoms with van der Waals surface area (Å²) in [5.74, 6) is 0.206. The van der Waals surface area contributed by atoms with E-state index in [2.05, 4.69) is 25.9 Å². The highest BCUT2D eigenvalue weighted by Crippen LogP contribution is 2.41. The van der Waals surface area contributed by atoms with Crippen LogP contribution in [0.4, 0.5) is 4.39 Å². The van der Waals surface area contributed by atoms with Crippen LogP contribution >= 0.6 is 27.5 Å². The molecule has 6 heteroatoms. The van der Waals surface area contributed by atoms with Gasteiger partial charge in [-0.15, -0.1) is 0 Å². The van der Waals surface area contributed by atoms with Crippen LogP contribution < -0.4 is 5.56 Å². The third kappa shape index (κ3) is 2.58. The van der Waals surface area contributed by atoms with Gasteiger partial charge in [0.1, 0.15) is 16.1 Å². The Morgan fingerprint density at radius 1 is 1.37 bits per heavy atom. The Kier molecular flexibility index (Phi) is 3.19. The Labute approximate surface area is 122 Å². The second kappa shape index (κ2) is 4.72. The summed E-state index contributed by atoms with van der Waals surface area (Å²) in [6.07, 6.45) is 2.05. The molecule has 2 aromatic rings. The number of nitrogens with zero attached hydrogens (tertiary/aromatic N) is 1. The largest absolute Gasteiger partial charge is 0.306 e. The van der Waals surface area contributed by atoms with Gasteiger partial charge in [0.25, 0.3) is 5.56 Å². The first-order valence-electron chi connectivity index (χ1n) is 5.81. The maximum atomic E-state index is 13.4. The van der Waals surface area contributed by atoms with Crippen LogP contribution in [-0.2, 0) is 0 Å². The SMILES string of the molecule is O=c1[nH]c(-c2cc(F)cc(Cl)c2)nc(C2CC2)c1Br. The lowest BCUT2D eigenvalue weighted by Crippen LogP contribution is -2.13. The van der Waals surface area contributed by atoms with Crippen LogP contribution in [0.3, 0.4) is 0 Å².